The first kappa shape index (κ1) is 11.4. The first-order valence-electron chi connectivity index (χ1n) is 3.73. The monoisotopic (exact) mass is 197 g/mol. The molecule has 0 aliphatic rings. The first-order valence-corrected chi connectivity index (χ1v) is 3.73. The Morgan fingerprint density at radius 1 is 1.33 bits per heavy atom. The van der Waals surface area contributed by atoms with Gasteiger partial charge >= 0.3 is 18.9 Å². The van der Waals surface area contributed by atoms with Crippen LogP contribution in [0.25, 0.3) is 11.6 Å². The Bertz CT molecular complexity index is 457. The molecule has 0 amide bonds. The number of carbonyl (C=O) groups is 1. The first-order chi connectivity index (χ1) is 6.77. The second-order valence-electron chi connectivity index (χ2n) is 2.41. The van der Waals surface area contributed by atoms with Crippen molar-refractivity contribution in [3.8, 4) is 11.6 Å². The molecule has 2 rings (SSSR count). The second kappa shape index (κ2) is 4.73. The Hall–Kier alpha value is -1.64. The number of pyridine rings is 1. The summed E-state index contributed by atoms with van der Waals surface area (Å²) in [6.45, 7) is 0. The predicted molar refractivity (Wildman–Crippen MR) is 41.9 cm³/mol. The Labute approximate surface area is 96.5 Å². The average molecular weight is 197 g/mol. The van der Waals surface area contributed by atoms with Gasteiger partial charge in [-0.3, -0.25) is 4.98 Å². The van der Waals surface area contributed by atoms with E-state index in [1.165, 1.54) is 6.20 Å². The molecule has 0 aliphatic carbocycles. The van der Waals surface area contributed by atoms with Crippen molar-refractivity contribution in [1.29, 1.82) is 0 Å². The van der Waals surface area contributed by atoms with Gasteiger partial charge in [-0.15, -0.1) is 10.2 Å². The molecule has 15 heavy (non-hydrogen) atoms. The summed E-state index contributed by atoms with van der Waals surface area (Å²) in [4.78, 5) is 14.2. The zero-order valence-electron chi connectivity index (χ0n) is 7.88. The van der Waals surface area contributed by atoms with Crippen LogP contribution < -0.4 is 24.0 Å². The van der Waals surface area contributed by atoms with Gasteiger partial charge in [0.05, 0.1) is 0 Å². The van der Waals surface area contributed by atoms with E-state index in [0.29, 0.717) is 5.69 Å². The standard InChI is InChI=1S/C8H5N3O3.Li/c12-8(13)7-11-10-6(14-7)5-3-1-2-4-9-5;/h1-4H,(H,12,13);/q;+1/p-1. The van der Waals surface area contributed by atoms with E-state index in [-0.39, 0.29) is 24.8 Å². The van der Waals surface area contributed by atoms with E-state index in [2.05, 4.69) is 15.2 Å². The third-order valence-corrected chi connectivity index (χ3v) is 1.48. The summed E-state index contributed by atoms with van der Waals surface area (Å²) in [5, 5.41) is 17.1. The number of hydrogen-bond acceptors (Lipinski definition) is 6. The molecule has 2 aromatic heterocycles. The third kappa shape index (κ3) is 2.43. The molecule has 70 valence electrons. The molecular formula is C8H4LiN3O3. The number of carboxylic acids is 1. The molecule has 7 heteroatoms. The minimum absolute atomic E-state index is 0. The van der Waals surface area contributed by atoms with E-state index in [0.717, 1.165) is 0 Å². The number of aromatic carboxylic acids is 1. The van der Waals surface area contributed by atoms with Crippen LogP contribution in [0.15, 0.2) is 28.8 Å². The fraction of sp³-hybridized carbons (Fsp3) is 0. The number of carboxylic acid groups (broad SMARTS) is 1. The topological polar surface area (TPSA) is 91.9 Å². The molecule has 2 aromatic rings. The van der Waals surface area contributed by atoms with Crippen LogP contribution in [0.2, 0.25) is 0 Å². The van der Waals surface area contributed by atoms with E-state index in [1.54, 1.807) is 18.2 Å². The number of rotatable bonds is 2. The number of carbonyl (C=O) groups excluding carboxylic acids is 1. The van der Waals surface area contributed by atoms with Crippen LogP contribution >= 0.6 is 0 Å². The van der Waals surface area contributed by atoms with Gasteiger partial charge in [-0.2, -0.15) is 0 Å². The van der Waals surface area contributed by atoms with Crippen LogP contribution in [-0.2, 0) is 0 Å². The van der Waals surface area contributed by atoms with Crippen LogP contribution in [-0.4, -0.2) is 21.2 Å². The fourth-order valence-corrected chi connectivity index (χ4v) is 0.898. The van der Waals surface area contributed by atoms with Gasteiger partial charge in [-0.05, 0) is 12.1 Å². The predicted octanol–water partition coefficient (Wildman–Crippen LogP) is -3.50. The molecule has 6 nitrogen and oxygen atoms in total. The molecule has 0 unspecified atom stereocenters. The molecule has 0 saturated carbocycles. The van der Waals surface area contributed by atoms with E-state index >= 15 is 0 Å². The number of nitrogens with zero attached hydrogens (tertiary/aromatic N) is 3. The van der Waals surface area contributed by atoms with Crippen molar-refractivity contribution in [1.82, 2.24) is 15.2 Å². The smallest absolute Gasteiger partial charge is 0.540 e. The van der Waals surface area contributed by atoms with Crippen molar-refractivity contribution < 1.29 is 33.2 Å². The second-order valence-corrected chi connectivity index (χ2v) is 2.41. The van der Waals surface area contributed by atoms with Gasteiger partial charge in [-0.1, -0.05) is 6.07 Å². The quantitative estimate of drug-likeness (QED) is 0.464. The molecule has 0 fully saturated rings. The van der Waals surface area contributed by atoms with Crippen molar-refractivity contribution in [2.75, 3.05) is 0 Å². The number of hydrogen-bond donors (Lipinski definition) is 0. The summed E-state index contributed by atoms with van der Waals surface area (Å²) in [5.74, 6) is -1.99. The van der Waals surface area contributed by atoms with Crippen molar-refractivity contribution in [3.63, 3.8) is 0 Å². The van der Waals surface area contributed by atoms with Gasteiger partial charge in [0.25, 0.3) is 11.8 Å². The van der Waals surface area contributed by atoms with Gasteiger partial charge in [0.2, 0.25) is 0 Å². The minimum Gasteiger partial charge on any atom is -0.540 e. The van der Waals surface area contributed by atoms with Gasteiger partial charge in [-0.25, -0.2) is 0 Å². The average Bonchev–Trinajstić information content (AvgIpc) is 2.68. The zero-order valence-corrected chi connectivity index (χ0v) is 7.88. The molecule has 0 aromatic carbocycles. The molecule has 0 saturated heterocycles. The van der Waals surface area contributed by atoms with Gasteiger partial charge in [0, 0.05) is 6.20 Å². The van der Waals surface area contributed by atoms with E-state index in [9.17, 15) is 9.90 Å². The van der Waals surface area contributed by atoms with E-state index in [4.69, 9.17) is 4.42 Å². The Kier molecular flexibility index (Phi) is 3.60. The summed E-state index contributed by atoms with van der Waals surface area (Å²) in [6.07, 6.45) is 1.54. The van der Waals surface area contributed by atoms with Crippen molar-refractivity contribution in [2.45, 2.75) is 0 Å². The van der Waals surface area contributed by atoms with Crippen molar-refractivity contribution in [2.24, 2.45) is 0 Å². The summed E-state index contributed by atoms with van der Waals surface area (Å²) in [6, 6.07) is 5.08. The van der Waals surface area contributed by atoms with Crippen molar-refractivity contribution in [3.05, 3.63) is 30.3 Å². The third-order valence-electron chi connectivity index (χ3n) is 1.48. The summed E-state index contributed by atoms with van der Waals surface area (Å²) < 4.78 is 4.78. The van der Waals surface area contributed by atoms with Crippen LogP contribution in [0.5, 0.6) is 0 Å². The van der Waals surface area contributed by atoms with Gasteiger partial charge in [0.15, 0.2) is 0 Å². The fourth-order valence-electron chi connectivity index (χ4n) is 0.898. The molecule has 0 atom stereocenters. The minimum atomic E-state index is -1.50. The Balaban J connectivity index is 0.00000112. The largest absolute Gasteiger partial charge is 1.00 e. The van der Waals surface area contributed by atoms with Crippen molar-refractivity contribution >= 4 is 5.97 Å². The maximum absolute atomic E-state index is 10.3. The number of aromatic nitrogens is 3. The normalized spacial score (nSPS) is 9.33. The van der Waals surface area contributed by atoms with E-state index < -0.39 is 11.9 Å². The molecule has 0 radical (unpaired) electrons. The maximum Gasteiger partial charge on any atom is 1.00 e. The molecule has 0 bridgehead atoms. The zero-order chi connectivity index (χ0) is 9.97. The van der Waals surface area contributed by atoms with Crippen LogP contribution in [0.4, 0.5) is 0 Å². The Morgan fingerprint density at radius 2 is 2.13 bits per heavy atom. The van der Waals surface area contributed by atoms with Gasteiger partial charge in [0.1, 0.15) is 11.7 Å². The molecule has 0 aliphatic heterocycles. The molecule has 2 heterocycles. The van der Waals surface area contributed by atoms with Crippen LogP contribution in [0, 0.1) is 0 Å². The maximum atomic E-state index is 10.3. The van der Waals surface area contributed by atoms with Crippen LogP contribution in [0.3, 0.4) is 0 Å². The summed E-state index contributed by atoms with van der Waals surface area (Å²) in [7, 11) is 0. The summed E-state index contributed by atoms with van der Waals surface area (Å²) >= 11 is 0. The Morgan fingerprint density at radius 3 is 2.67 bits per heavy atom. The van der Waals surface area contributed by atoms with E-state index in [1.807, 2.05) is 0 Å². The molecule has 0 N–H and O–H groups in total. The molecular weight excluding hydrogens is 193 g/mol. The van der Waals surface area contributed by atoms with Crippen LogP contribution in [0.1, 0.15) is 10.7 Å². The van der Waals surface area contributed by atoms with Gasteiger partial charge < -0.3 is 14.3 Å². The summed E-state index contributed by atoms with van der Waals surface area (Å²) in [5.41, 5.74) is 0.424. The SMILES string of the molecule is O=C([O-])c1nnc(-c2ccccn2)o1.[Li+]. The molecule has 0 spiro atoms.